The Kier molecular flexibility index (Phi) is 9.97. The number of para-hydroxylation sites is 1. The summed E-state index contributed by atoms with van der Waals surface area (Å²) in [5, 5.41) is 9.10. The molecular weight excluding hydrogens is 607 g/mol. The summed E-state index contributed by atoms with van der Waals surface area (Å²) < 4.78 is 26.7. The maximum Gasteiger partial charge on any atom is 0.330 e. The molecule has 2 saturated carbocycles. The highest BCUT2D eigenvalue weighted by atomic mass is 19.1. The van der Waals surface area contributed by atoms with Gasteiger partial charge in [-0.25, -0.2) is 9.18 Å². The van der Waals surface area contributed by atoms with E-state index in [2.05, 4.69) is 20.7 Å². The van der Waals surface area contributed by atoms with Crippen LogP contribution in [0.15, 0.2) is 64.0 Å². The summed E-state index contributed by atoms with van der Waals surface area (Å²) in [6, 6.07) is 9.00. The van der Waals surface area contributed by atoms with Crippen LogP contribution < -0.4 is 21.5 Å². The number of methoxy groups -OCH3 is 1. The number of rotatable bonds is 11. The smallest absolute Gasteiger partial charge is 0.330 e. The number of furan rings is 1. The molecule has 2 aliphatic carbocycles. The molecule has 250 valence electrons. The minimum Gasteiger partial charge on any atom is -0.466 e. The summed E-state index contributed by atoms with van der Waals surface area (Å²) in [7, 11) is 1.25. The van der Waals surface area contributed by atoms with Crippen molar-refractivity contribution >= 4 is 40.3 Å². The topological polar surface area (TPSA) is 149 Å². The Morgan fingerprint density at radius 1 is 1.17 bits per heavy atom. The third-order valence-electron chi connectivity index (χ3n) is 9.11. The SMILES string of the molecule is COC(=O)/C=C/CCC(NC(=O)c1oc2ccccc2c1C)C(=O)Nc1cccn(CC(=O)NC23CCCC(CC(C)(F)C2)C3)c1=O. The van der Waals surface area contributed by atoms with Gasteiger partial charge in [-0.2, -0.15) is 0 Å². The van der Waals surface area contributed by atoms with Crippen molar-refractivity contribution in [2.24, 2.45) is 5.92 Å². The number of fused-ring (bicyclic) bond motifs is 3. The van der Waals surface area contributed by atoms with Gasteiger partial charge >= 0.3 is 5.97 Å². The molecular formula is C35H41FN4O7. The lowest BCUT2D eigenvalue weighted by atomic mass is 9.63. The van der Waals surface area contributed by atoms with E-state index in [9.17, 15) is 24.0 Å². The van der Waals surface area contributed by atoms with Crippen molar-refractivity contribution in [2.75, 3.05) is 12.4 Å². The molecule has 1 aromatic carbocycles. The highest BCUT2D eigenvalue weighted by molar-refractivity contribution is 6.03. The van der Waals surface area contributed by atoms with E-state index in [1.165, 1.54) is 42.2 Å². The van der Waals surface area contributed by atoms with E-state index in [1.54, 1.807) is 26.0 Å². The first-order chi connectivity index (χ1) is 22.4. The molecule has 0 saturated heterocycles. The molecule has 0 spiro atoms. The Bertz CT molecular complexity index is 1760. The van der Waals surface area contributed by atoms with Gasteiger partial charge in [0.25, 0.3) is 11.5 Å². The number of ether oxygens (including phenoxy) is 1. The van der Waals surface area contributed by atoms with Crippen LogP contribution in [0.25, 0.3) is 11.0 Å². The molecule has 5 rings (SSSR count). The standard InChI is InChI=1S/C35H41FN4O7/c1-22-24-11-4-6-14-27(24)47-30(22)32(44)37-25(12-5-7-15-29(42)46-3)31(43)38-26-13-9-17-40(33(26)45)20-28(41)39-35-16-8-10-23(19-35)18-34(2,36)21-35/h4,6-7,9,11,13-15,17,23,25H,5,8,10,12,16,18-21H2,1-3H3,(H,37,44)(H,38,43)(H,39,41)/b15-7+. The molecule has 12 heteroatoms. The fourth-order valence-electron chi connectivity index (χ4n) is 7.22. The van der Waals surface area contributed by atoms with Crippen LogP contribution >= 0.6 is 0 Å². The van der Waals surface area contributed by atoms with E-state index in [-0.39, 0.29) is 43.2 Å². The van der Waals surface area contributed by atoms with Crippen molar-refractivity contribution in [3.05, 3.63) is 76.4 Å². The Labute approximate surface area is 271 Å². The van der Waals surface area contributed by atoms with Crippen molar-refractivity contribution in [3.63, 3.8) is 0 Å². The zero-order chi connectivity index (χ0) is 33.8. The van der Waals surface area contributed by atoms with Gasteiger partial charge in [-0.1, -0.05) is 37.1 Å². The minimum absolute atomic E-state index is 0.0528. The van der Waals surface area contributed by atoms with Crippen LogP contribution in [-0.2, 0) is 25.7 Å². The monoisotopic (exact) mass is 648 g/mol. The highest BCUT2D eigenvalue weighted by Gasteiger charge is 2.49. The molecule has 3 aromatic rings. The number of esters is 1. The van der Waals surface area contributed by atoms with E-state index in [1.807, 2.05) is 12.1 Å². The molecule has 0 aliphatic heterocycles. The van der Waals surface area contributed by atoms with E-state index in [0.29, 0.717) is 24.0 Å². The average molecular weight is 649 g/mol. The van der Waals surface area contributed by atoms with Crippen LogP contribution in [0.4, 0.5) is 10.1 Å². The predicted molar refractivity (Wildman–Crippen MR) is 174 cm³/mol. The normalized spacial score (nSPS) is 22.9. The van der Waals surface area contributed by atoms with Gasteiger partial charge in [0.2, 0.25) is 11.8 Å². The lowest BCUT2D eigenvalue weighted by molar-refractivity contribution is -0.135. The van der Waals surface area contributed by atoms with Crippen LogP contribution in [0.2, 0.25) is 0 Å². The van der Waals surface area contributed by atoms with Crippen LogP contribution in [0.3, 0.4) is 0 Å². The third kappa shape index (κ3) is 7.98. The summed E-state index contributed by atoms with van der Waals surface area (Å²) in [5.41, 5.74) is -1.56. The van der Waals surface area contributed by atoms with Crippen LogP contribution in [0, 0.1) is 12.8 Å². The number of hydrogen-bond acceptors (Lipinski definition) is 7. The van der Waals surface area contributed by atoms with Gasteiger partial charge in [-0.05, 0) is 70.1 Å². The summed E-state index contributed by atoms with van der Waals surface area (Å²) in [6.07, 6.45) is 8.49. The average Bonchev–Trinajstić information content (AvgIpc) is 3.35. The van der Waals surface area contributed by atoms with Crippen LogP contribution in [-0.4, -0.2) is 52.6 Å². The molecule has 4 unspecified atom stereocenters. The number of aryl methyl sites for hydroxylation is 1. The number of alkyl halides is 1. The molecule has 3 N–H and O–H groups in total. The lowest BCUT2D eigenvalue weighted by Crippen LogP contribution is -2.58. The van der Waals surface area contributed by atoms with E-state index in [4.69, 9.17) is 4.42 Å². The molecule has 11 nitrogen and oxygen atoms in total. The number of allylic oxidation sites excluding steroid dienone is 1. The number of amides is 3. The number of nitrogens with zero attached hydrogens (tertiary/aromatic N) is 1. The fraction of sp³-hybridized carbons (Fsp3) is 0.457. The first-order valence-electron chi connectivity index (χ1n) is 15.9. The second-order valence-corrected chi connectivity index (χ2v) is 13.0. The summed E-state index contributed by atoms with van der Waals surface area (Å²) >= 11 is 0. The second kappa shape index (κ2) is 13.9. The van der Waals surface area contributed by atoms with Crippen molar-refractivity contribution < 1.29 is 32.7 Å². The van der Waals surface area contributed by atoms with E-state index < -0.39 is 46.5 Å². The van der Waals surface area contributed by atoms with Crippen LogP contribution in [0.5, 0.6) is 0 Å². The third-order valence-corrected chi connectivity index (χ3v) is 9.11. The molecule has 2 aliphatic rings. The second-order valence-electron chi connectivity index (χ2n) is 13.0. The van der Waals surface area contributed by atoms with Gasteiger partial charge in [0.15, 0.2) is 5.76 Å². The Morgan fingerprint density at radius 3 is 2.72 bits per heavy atom. The quantitative estimate of drug-likeness (QED) is 0.201. The number of nitrogens with one attached hydrogen (secondary N) is 3. The highest BCUT2D eigenvalue weighted by Crippen LogP contribution is 2.48. The molecule has 3 amide bonds. The molecule has 2 fully saturated rings. The summed E-state index contributed by atoms with van der Waals surface area (Å²) in [5.74, 6) is -1.99. The first-order valence-corrected chi connectivity index (χ1v) is 15.9. The maximum atomic E-state index is 15.1. The zero-order valence-corrected chi connectivity index (χ0v) is 26.9. The molecule has 47 heavy (non-hydrogen) atoms. The van der Waals surface area contributed by atoms with Crippen molar-refractivity contribution in [1.29, 1.82) is 0 Å². The Hall–Kier alpha value is -4.74. The molecule has 2 heterocycles. The Morgan fingerprint density at radius 2 is 1.96 bits per heavy atom. The number of carbonyl (C=O) groups is 4. The van der Waals surface area contributed by atoms with Crippen molar-refractivity contribution in [2.45, 2.75) is 89.0 Å². The van der Waals surface area contributed by atoms with Gasteiger partial charge in [0.1, 0.15) is 29.5 Å². The number of benzene rings is 1. The number of halogens is 1. The molecule has 0 radical (unpaired) electrons. The minimum atomic E-state index is -1.36. The van der Waals surface area contributed by atoms with Crippen molar-refractivity contribution in [3.8, 4) is 0 Å². The number of anilines is 1. The number of hydrogen-bond donors (Lipinski definition) is 3. The molecule has 2 aromatic heterocycles. The number of aromatic nitrogens is 1. The van der Waals surface area contributed by atoms with Crippen LogP contribution in [0.1, 0.15) is 74.4 Å². The predicted octanol–water partition coefficient (Wildman–Crippen LogP) is 4.72. The first kappa shape index (κ1) is 33.6. The fourth-order valence-corrected chi connectivity index (χ4v) is 7.22. The Balaban J connectivity index is 1.29. The van der Waals surface area contributed by atoms with Gasteiger partial charge < -0.3 is 29.7 Å². The number of pyridine rings is 1. The summed E-state index contributed by atoms with van der Waals surface area (Å²) in [6.45, 7) is 3.03. The lowest BCUT2D eigenvalue weighted by Gasteiger charge is -2.50. The largest absolute Gasteiger partial charge is 0.466 e. The van der Waals surface area contributed by atoms with Gasteiger partial charge in [0, 0.05) is 35.2 Å². The van der Waals surface area contributed by atoms with Gasteiger partial charge in [-0.3, -0.25) is 19.2 Å². The molecule has 2 bridgehead atoms. The number of carbonyl (C=O) groups excluding carboxylic acids is 4. The zero-order valence-electron chi connectivity index (χ0n) is 26.9. The van der Waals surface area contributed by atoms with Gasteiger partial charge in [0.05, 0.1) is 7.11 Å². The van der Waals surface area contributed by atoms with E-state index in [0.717, 1.165) is 24.6 Å². The molecule has 4 atom stereocenters. The van der Waals surface area contributed by atoms with Crippen molar-refractivity contribution in [1.82, 2.24) is 15.2 Å². The van der Waals surface area contributed by atoms with E-state index >= 15 is 4.39 Å². The maximum absolute atomic E-state index is 15.1. The van der Waals surface area contributed by atoms with Gasteiger partial charge in [-0.15, -0.1) is 0 Å². The summed E-state index contributed by atoms with van der Waals surface area (Å²) in [4.78, 5) is 64.9.